The van der Waals surface area contributed by atoms with Crippen LogP contribution in [0.25, 0.3) is 10.9 Å². The average molecular weight is 455 g/mol. The van der Waals surface area contributed by atoms with Crippen LogP contribution in [-0.4, -0.2) is 38.7 Å². The molecule has 1 fully saturated rings. The maximum absolute atomic E-state index is 12.6. The molecule has 0 aliphatic heterocycles. The van der Waals surface area contributed by atoms with Gasteiger partial charge in [-0.25, -0.2) is 8.42 Å². The van der Waals surface area contributed by atoms with Gasteiger partial charge in [0.05, 0.1) is 0 Å². The Hall–Kier alpha value is -3.13. The Morgan fingerprint density at radius 2 is 1.88 bits per heavy atom. The Bertz CT molecular complexity index is 1300. The molecule has 1 aliphatic rings. The highest BCUT2D eigenvalue weighted by molar-refractivity contribution is 7.90. The van der Waals surface area contributed by atoms with E-state index in [4.69, 9.17) is 4.74 Å². The predicted octanol–water partition coefficient (Wildman–Crippen LogP) is 2.62. The van der Waals surface area contributed by atoms with Gasteiger partial charge in [-0.3, -0.25) is 9.59 Å². The van der Waals surface area contributed by atoms with E-state index in [1.165, 1.54) is 0 Å². The highest BCUT2D eigenvalue weighted by Crippen LogP contribution is 2.28. The van der Waals surface area contributed by atoms with Crippen LogP contribution in [0.15, 0.2) is 58.2 Å². The molecule has 1 saturated carbocycles. The van der Waals surface area contributed by atoms with Crippen LogP contribution >= 0.6 is 0 Å². The number of carbonyl (C=O) groups excluding carboxylic acids is 1. The number of rotatable bonds is 9. The van der Waals surface area contributed by atoms with Gasteiger partial charge in [0.2, 0.25) is 0 Å². The summed E-state index contributed by atoms with van der Waals surface area (Å²) in [6, 6.07) is 14.7. The van der Waals surface area contributed by atoms with Crippen molar-refractivity contribution in [3.8, 4) is 5.75 Å². The number of H-pyrrole nitrogens is 1. The topological polar surface area (TPSA) is 105 Å². The van der Waals surface area contributed by atoms with E-state index < -0.39 is 15.4 Å². The summed E-state index contributed by atoms with van der Waals surface area (Å²) in [5, 5.41) is 3.44. The number of aromatic nitrogens is 1. The third-order valence-corrected chi connectivity index (χ3v) is 6.75. The van der Waals surface area contributed by atoms with E-state index in [-0.39, 0.29) is 17.4 Å². The molecular weight excluding hydrogens is 428 g/mol. The lowest BCUT2D eigenvalue weighted by atomic mass is 10.0. The summed E-state index contributed by atoms with van der Waals surface area (Å²) in [5.41, 5.74) is 1.39. The molecule has 8 heteroatoms. The molecule has 168 valence electrons. The number of benzene rings is 2. The van der Waals surface area contributed by atoms with Gasteiger partial charge in [0.15, 0.2) is 16.4 Å². The molecule has 3 aromatic rings. The lowest BCUT2D eigenvalue weighted by Crippen LogP contribution is -2.30. The number of pyridine rings is 1. The number of sulfone groups is 1. The number of aryl methyl sites for hydroxylation is 2. The van der Waals surface area contributed by atoms with Crippen molar-refractivity contribution in [3.05, 3.63) is 70.0 Å². The minimum absolute atomic E-state index is 0.125. The van der Waals surface area contributed by atoms with Crippen LogP contribution in [0, 0.1) is 5.92 Å². The number of hydrogen-bond donors (Lipinski definition) is 2. The Labute approximate surface area is 186 Å². The molecule has 0 unspecified atom stereocenters. The zero-order valence-electron chi connectivity index (χ0n) is 17.9. The van der Waals surface area contributed by atoms with E-state index in [2.05, 4.69) is 10.3 Å². The zero-order valence-corrected chi connectivity index (χ0v) is 18.7. The summed E-state index contributed by atoms with van der Waals surface area (Å²) in [7, 11) is -3.76. The summed E-state index contributed by atoms with van der Waals surface area (Å²) in [6.07, 6.45) is 4.30. The first-order valence-corrected chi connectivity index (χ1v) is 12.5. The average Bonchev–Trinajstić information content (AvgIpc) is 3.59. The summed E-state index contributed by atoms with van der Waals surface area (Å²) in [4.78, 5) is 27.1. The molecule has 0 saturated heterocycles. The van der Waals surface area contributed by atoms with E-state index in [9.17, 15) is 18.0 Å². The normalized spacial score (nSPS) is 13.8. The third kappa shape index (κ3) is 5.37. The van der Waals surface area contributed by atoms with E-state index in [0.29, 0.717) is 47.5 Å². The number of aromatic amines is 1. The van der Waals surface area contributed by atoms with Crippen molar-refractivity contribution in [1.29, 1.82) is 0 Å². The fraction of sp³-hybridized carbons (Fsp3) is 0.333. The first-order chi connectivity index (χ1) is 15.3. The van der Waals surface area contributed by atoms with Gasteiger partial charge in [-0.15, -0.1) is 0 Å². The number of amides is 1. The highest BCUT2D eigenvalue weighted by atomic mass is 32.2. The van der Waals surface area contributed by atoms with Crippen LogP contribution in [0.5, 0.6) is 5.75 Å². The van der Waals surface area contributed by atoms with Crippen molar-refractivity contribution >= 4 is 26.6 Å². The van der Waals surface area contributed by atoms with Gasteiger partial charge >= 0.3 is 0 Å². The SMILES string of the molecule is CS(=O)(=O)c1c(CCc2ccccc2)c2cc(OCC(=O)NCC3CC3)ccc2[nH]c1=O. The van der Waals surface area contributed by atoms with Crippen molar-refractivity contribution in [2.75, 3.05) is 19.4 Å². The summed E-state index contributed by atoms with van der Waals surface area (Å²) in [6.45, 7) is 0.544. The molecule has 32 heavy (non-hydrogen) atoms. The van der Waals surface area contributed by atoms with E-state index in [1.807, 2.05) is 30.3 Å². The molecule has 1 aliphatic carbocycles. The van der Waals surface area contributed by atoms with Gasteiger partial charge < -0.3 is 15.0 Å². The van der Waals surface area contributed by atoms with Crippen LogP contribution in [-0.2, 0) is 27.5 Å². The fourth-order valence-electron chi connectivity index (χ4n) is 3.74. The van der Waals surface area contributed by atoms with Crippen molar-refractivity contribution < 1.29 is 17.9 Å². The van der Waals surface area contributed by atoms with Crippen LogP contribution in [0.2, 0.25) is 0 Å². The number of hydrogen-bond acceptors (Lipinski definition) is 5. The quantitative estimate of drug-likeness (QED) is 0.517. The molecule has 2 aromatic carbocycles. The molecule has 2 N–H and O–H groups in total. The number of ether oxygens (including phenoxy) is 1. The van der Waals surface area contributed by atoms with Gasteiger partial charge in [0.1, 0.15) is 10.6 Å². The third-order valence-electron chi connectivity index (χ3n) is 5.58. The minimum atomic E-state index is -3.76. The smallest absolute Gasteiger partial charge is 0.267 e. The van der Waals surface area contributed by atoms with Crippen molar-refractivity contribution in [2.24, 2.45) is 5.92 Å². The lowest BCUT2D eigenvalue weighted by molar-refractivity contribution is -0.123. The molecule has 0 bridgehead atoms. The summed E-state index contributed by atoms with van der Waals surface area (Å²) < 4.78 is 30.6. The van der Waals surface area contributed by atoms with E-state index >= 15 is 0 Å². The van der Waals surface area contributed by atoms with Gasteiger partial charge in [-0.05, 0) is 60.9 Å². The van der Waals surface area contributed by atoms with Crippen LogP contribution in [0.3, 0.4) is 0 Å². The lowest BCUT2D eigenvalue weighted by Gasteiger charge is -2.13. The highest BCUT2D eigenvalue weighted by Gasteiger charge is 2.23. The molecule has 0 spiro atoms. The molecule has 4 rings (SSSR count). The van der Waals surface area contributed by atoms with Gasteiger partial charge in [-0.2, -0.15) is 0 Å². The largest absolute Gasteiger partial charge is 0.484 e. The molecule has 7 nitrogen and oxygen atoms in total. The Kier molecular flexibility index (Phi) is 6.32. The van der Waals surface area contributed by atoms with Crippen molar-refractivity contribution in [1.82, 2.24) is 10.3 Å². The van der Waals surface area contributed by atoms with Crippen molar-refractivity contribution in [2.45, 2.75) is 30.6 Å². The predicted molar refractivity (Wildman–Crippen MR) is 123 cm³/mol. The first kappa shape index (κ1) is 22.1. The summed E-state index contributed by atoms with van der Waals surface area (Å²) in [5.74, 6) is 0.823. The fourth-order valence-corrected chi connectivity index (χ4v) is 4.79. The maximum atomic E-state index is 12.6. The summed E-state index contributed by atoms with van der Waals surface area (Å²) >= 11 is 0. The number of fused-ring (bicyclic) bond motifs is 1. The van der Waals surface area contributed by atoms with Crippen LogP contribution < -0.4 is 15.6 Å². The molecular formula is C24H26N2O5S. The maximum Gasteiger partial charge on any atom is 0.267 e. The zero-order chi connectivity index (χ0) is 22.7. The molecule has 1 amide bonds. The van der Waals surface area contributed by atoms with Gasteiger partial charge in [0, 0.05) is 23.7 Å². The Morgan fingerprint density at radius 3 is 2.56 bits per heavy atom. The monoisotopic (exact) mass is 454 g/mol. The second-order valence-electron chi connectivity index (χ2n) is 8.26. The molecule has 1 aromatic heterocycles. The molecule has 0 radical (unpaired) electrons. The van der Waals surface area contributed by atoms with Crippen LogP contribution in [0.4, 0.5) is 0 Å². The number of nitrogens with one attached hydrogen (secondary N) is 2. The first-order valence-electron chi connectivity index (χ1n) is 10.6. The van der Waals surface area contributed by atoms with Gasteiger partial charge in [0.25, 0.3) is 11.5 Å². The number of carbonyl (C=O) groups is 1. The van der Waals surface area contributed by atoms with E-state index in [1.54, 1.807) is 18.2 Å². The second kappa shape index (κ2) is 9.16. The minimum Gasteiger partial charge on any atom is -0.484 e. The Balaban J connectivity index is 1.65. The van der Waals surface area contributed by atoms with Crippen molar-refractivity contribution in [3.63, 3.8) is 0 Å². The standard InChI is InChI=1S/C24H26N2O5S/c1-32(29,30)23-19(11-9-16-5-3-2-4-6-16)20-13-18(10-12-21(20)26-24(23)28)31-15-22(27)25-14-17-7-8-17/h2-6,10,12-13,17H,7-9,11,14-15H2,1H3,(H,25,27)(H,26,28). The molecule has 0 atom stereocenters. The second-order valence-corrected chi connectivity index (χ2v) is 10.2. The molecule has 1 heterocycles. The van der Waals surface area contributed by atoms with Gasteiger partial charge in [-0.1, -0.05) is 30.3 Å². The van der Waals surface area contributed by atoms with Crippen LogP contribution in [0.1, 0.15) is 24.0 Å². The van der Waals surface area contributed by atoms with E-state index in [0.717, 1.165) is 24.7 Å². The Morgan fingerprint density at radius 1 is 1.12 bits per heavy atom.